The van der Waals surface area contributed by atoms with Crippen LogP contribution < -0.4 is 4.74 Å². The molecule has 0 atom stereocenters. The zero-order chi connectivity index (χ0) is 12.0. The Balaban J connectivity index is 2.99. The molecule has 1 rings (SSSR count). The van der Waals surface area contributed by atoms with Crippen LogP contribution in [0.1, 0.15) is 5.56 Å². The molecule has 0 aliphatic rings. The molecule has 0 unspecified atom stereocenters. The number of rotatable bonds is 5. The number of nitrogens with zero attached hydrogens (tertiary/aromatic N) is 4. The lowest BCUT2D eigenvalue weighted by atomic mass is 10.1. The van der Waals surface area contributed by atoms with E-state index in [-0.39, 0.29) is 12.2 Å². The second kappa shape index (κ2) is 5.57. The van der Waals surface area contributed by atoms with E-state index in [2.05, 4.69) is 10.0 Å². The average Bonchev–Trinajstić information content (AvgIpc) is 2.29. The third-order valence-corrected chi connectivity index (χ3v) is 2.03. The second-order valence-corrected chi connectivity index (χ2v) is 2.96. The smallest absolute Gasteiger partial charge is 0.272 e. The molecule has 0 radical (unpaired) electrons. The van der Waals surface area contributed by atoms with Crippen LogP contribution in [0, 0.1) is 10.1 Å². The molecule has 7 heteroatoms. The molecule has 7 nitrogen and oxygen atoms in total. The number of azide groups is 1. The molecule has 0 aromatic heterocycles. The van der Waals surface area contributed by atoms with Crippen LogP contribution in [0.25, 0.3) is 10.4 Å². The van der Waals surface area contributed by atoms with Gasteiger partial charge in [0.2, 0.25) is 0 Å². The number of benzene rings is 1. The van der Waals surface area contributed by atoms with Crippen LogP contribution in [-0.4, -0.2) is 18.6 Å². The van der Waals surface area contributed by atoms with E-state index in [4.69, 9.17) is 10.3 Å². The third kappa shape index (κ3) is 2.86. The first-order valence-corrected chi connectivity index (χ1v) is 4.51. The molecule has 0 amide bonds. The van der Waals surface area contributed by atoms with Crippen molar-refractivity contribution in [2.24, 2.45) is 5.11 Å². The minimum absolute atomic E-state index is 0.00828. The van der Waals surface area contributed by atoms with Crippen LogP contribution in [0.2, 0.25) is 0 Å². The van der Waals surface area contributed by atoms with Crippen LogP contribution in [0.5, 0.6) is 5.75 Å². The van der Waals surface area contributed by atoms with Gasteiger partial charge in [-0.25, -0.2) is 0 Å². The standard InChI is InChI=1S/C9H10N4O3/c1-16-8-2-3-9(13(14)15)7(6-8)4-5-11-12-10/h2-3,6H,4-5H2,1H3. The first-order valence-electron chi connectivity index (χ1n) is 4.51. The van der Waals surface area contributed by atoms with Gasteiger partial charge in [0.15, 0.2) is 0 Å². The summed E-state index contributed by atoms with van der Waals surface area (Å²) in [6.45, 7) is 0.185. The summed E-state index contributed by atoms with van der Waals surface area (Å²) in [4.78, 5) is 12.8. The highest BCUT2D eigenvalue weighted by molar-refractivity contribution is 5.45. The summed E-state index contributed by atoms with van der Waals surface area (Å²) in [5, 5.41) is 14.1. The molecule has 1 aromatic carbocycles. The van der Waals surface area contributed by atoms with Crippen LogP contribution in [-0.2, 0) is 6.42 Å². The zero-order valence-corrected chi connectivity index (χ0v) is 8.66. The van der Waals surface area contributed by atoms with E-state index in [1.165, 1.54) is 19.2 Å². The lowest BCUT2D eigenvalue weighted by molar-refractivity contribution is -0.385. The van der Waals surface area contributed by atoms with Gasteiger partial charge >= 0.3 is 0 Å². The number of methoxy groups -OCH3 is 1. The van der Waals surface area contributed by atoms with E-state index >= 15 is 0 Å². The molecule has 0 fully saturated rings. The first kappa shape index (κ1) is 11.8. The Morgan fingerprint density at radius 1 is 1.62 bits per heavy atom. The fourth-order valence-corrected chi connectivity index (χ4v) is 1.28. The van der Waals surface area contributed by atoms with E-state index in [1.807, 2.05) is 0 Å². The van der Waals surface area contributed by atoms with Crippen molar-refractivity contribution >= 4 is 5.69 Å². The van der Waals surface area contributed by atoms with Gasteiger partial charge in [-0.15, -0.1) is 0 Å². The zero-order valence-electron chi connectivity index (χ0n) is 8.66. The molecule has 0 heterocycles. The van der Waals surface area contributed by atoms with Crippen LogP contribution in [0.3, 0.4) is 0 Å². The molecule has 16 heavy (non-hydrogen) atoms. The quantitative estimate of drug-likeness (QED) is 0.251. The Morgan fingerprint density at radius 2 is 2.38 bits per heavy atom. The van der Waals surface area contributed by atoms with Gasteiger partial charge in [-0.2, -0.15) is 0 Å². The molecule has 0 bridgehead atoms. The number of nitro groups is 1. The first-order chi connectivity index (χ1) is 7.69. The van der Waals surface area contributed by atoms with Gasteiger partial charge in [-0.1, -0.05) is 5.11 Å². The molecular formula is C9H10N4O3. The Hall–Kier alpha value is -2.27. The van der Waals surface area contributed by atoms with E-state index in [0.29, 0.717) is 17.7 Å². The van der Waals surface area contributed by atoms with Crippen molar-refractivity contribution < 1.29 is 9.66 Å². The van der Waals surface area contributed by atoms with Gasteiger partial charge in [-0.05, 0) is 24.1 Å². The lowest BCUT2D eigenvalue weighted by Crippen LogP contribution is -1.98. The summed E-state index contributed by atoms with van der Waals surface area (Å²) in [5.74, 6) is 0.543. The highest BCUT2D eigenvalue weighted by Crippen LogP contribution is 2.24. The summed E-state index contributed by atoms with van der Waals surface area (Å²) in [5.41, 5.74) is 8.63. The third-order valence-electron chi connectivity index (χ3n) is 2.03. The molecule has 0 saturated heterocycles. The summed E-state index contributed by atoms with van der Waals surface area (Å²) < 4.78 is 4.97. The molecular weight excluding hydrogens is 212 g/mol. The largest absolute Gasteiger partial charge is 0.497 e. The minimum Gasteiger partial charge on any atom is -0.497 e. The van der Waals surface area contributed by atoms with Crippen LogP contribution >= 0.6 is 0 Å². The Kier molecular flexibility index (Phi) is 4.11. The van der Waals surface area contributed by atoms with E-state index in [1.54, 1.807) is 6.07 Å². The van der Waals surface area contributed by atoms with Crippen LogP contribution in [0.15, 0.2) is 23.3 Å². The number of hydrogen-bond acceptors (Lipinski definition) is 4. The van der Waals surface area contributed by atoms with E-state index in [9.17, 15) is 10.1 Å². The van der Waals surface area contributed by atoms with Gasteiger partial charge in [0, 0.05) is 23.1 Å². The van der Waals surface area contributed by atoms with Crippen molar-refractivity contribution in [2.45, 2.75) is 6.42 Å². The Morgan fingerprint density at radius 3 is 2.94 bits per heavy atom. The molecule has 0 spiro atoms. The maximum absolute atomic E-state index is 10.7. The van der Waals surface area contributed by atoms with Crippen molar-refractivity contribution in [2.75, 3.05) is 13.7 Å². The summed E-state index contributed by atoms with van der Waals surface area (Å²) in [6, 6.07) is 4.48. The predicted octanol–water partition coefficient (Wildman–Crippen LogP) is 2.46. The van der Waals surface area contributed by atoms with Crippen molar-refractivity contribution in [3.63, 3.8) is 0 Å². The highest BCUT2D eigenvalue weighted by Gasteiger charge is 2.13. The van der Waals surface area contributed by atoms with Crippen molar-refractivity contribution in [3.05, 3.63) is 44.3 Å². The molecule has 0 aliphatic carbocycles. The highest BCUT2D eigenvalue weighted by atomic mass is 16.6. The number of nitro benzene ring substituents is 1. The SMILES string of the molecule is COc1ccc([N+](=O)[O-])c(CCN=[N+]=[N-])c1. The lowest BCUT2D eigenvalue weighted by Gasteiger charge is -2.04. The molecule has 0 N–H and O–H groups in total. The van der Waals surface area contributed by atoms with Crippen molar-refractivity contribution in [1.82, 2.24) is 0 Å². The summed E-state index contributed by atoms with van der Waals surface area (Å²) >= 11 is 0. The maximum Gasteiger partial charge on any atom is 0.272 e. The van der Waals surface area contributed by atoms with Gasteiger partial charge in [0.25, 0.3) is 5.69 Å². The minimum atomic E-state index is -0.467. The fourth-order valence-electron chi connectivity index (χ4n) is 1.28. The van der Waals surface area contributed by atoms with E-state index in [0.717, 1.165) is 0 Å². The predicted molar refractivity (Wildman–Crippen MR) is 57.4 cm³/mol. The normalized spacial score (nSPS) is 9.31. The fraction of sp³-hybridized carbons (Fsp3) is 0.333. The molecule has 1 aromatic rings. The van der Waals surface area contributed by atoms with Gasteiger partial charge in [0.05, 0.1) is 12.0 Å². The molecule has 84 valence electrons. The Labute approximate surface area is 91.4 Å². The van der Waals surface area contributed by atoms with Gasteiger partial charge in [0.1, 0.15) is 5.75 Å². The monoisotopic (exact) mass is 222 g/mol. The molecule has 0 aliphatic heterocycles. The van der Waals surface area contributed by atoms with Crippen molar-refractivity contribution in [1.29, 1.82) is 0 Å². The maximum atomic E-state index is 10.7. The average molecular weight is 222 g/mol. The van der Waals surface area contributed by atoms with Crippen molar-refractivity contribution in [3.8, 4) is 5.75 Å². The topological polar surface area (TPSA) is 101 Å². The second-order valence-electron chi connectivity index (χ2n) is 2.96. The van der Waals surface area contributed by atoms with E-state index < -0.39 is 4.92 Å². The number of ether oxygens (including phenoxy) is 1. The van der Waals surface area contributed by atoms with Gasteiger partial charge in [-0.3, -0.25) is 10.1 Å². The van der Waals surface area contributed by atoms with Gasteiger partial charge < -0.3 is 4.74 Å². The number of hydrogen-bond donors (Lipinski definition) is 0. The van der Waals surface area contributed by atoms with Crippen LogP contribution in [0.4, 0.5) is 5.69 Å². The Bertz CT molecular complexity index is 440. The summed E-state index contributed by atoms with van der Waals surface area (Å²) in [7, 11) is 1.48. The molecule has 0 saturated carbocycles. The summed E-state index contributed by atoms with van der Waals surface area (Å²) in [6.07, 6.45) is 0.317.